The first-order chi connectivity index (χ1) is 12.0. The molecule has 26 heavy (non-hydrogen) atoms. The second-order valence-corrected chi connectivity index (χ2v) is 8.96. The lowest BCUT2D eigenvalue weighted by Crippen LogP contribution is -3.03. The average Bonchev–Trinajstić information content (AvgIpc) is 2.84. The van der Waals surface area contributed by atoms with E-state index in [4.69, 9.17) is 5.73 Å². The molecule has 0 saturated heterocycles. The molecule has 2 amide bonds. The molecule has 5 nitrogen and oxygen atoms in total. The quantitative estimate of drug-likeness (QED) is 0.768. The summed E-state index contributed by atoms with van der Waals surface area (Å²) in [6, 6.07) is 5.74. The summed E-state index contributed by atoms with van der Waals surface area (Å²) >= 11 is 1.34. The molecule has 0 radical (unpaired) electrons. The summed E-state index contributed by atoms with van der Waals surface area (Å²) in [5, 5.41) is 5.34. The number of nitrogens with two attached hydrogens (primary N) is 2. The van der Waals surface area contributed by atoms with Gasteiger partial charge in [-0.05, 0) is 45.4 Å². The van der Waals surface area contributed by atoms with Gasteiger partial charge in [0.15, 0.2) is 0 Å². The molecule has 1 aliphatic rings. The minimum absolute atomic E-state index is 0.0690. The molecule has 0 saturated carbocycles. The predicted octanol–water partition coefficient (Wildman–Crippen LogP) is 2.37. The van der Waals surface area contributed by atoms with Crippen molar-refractivity contribution in [3.63, 3.8) is 0 Å². The second kappa shape index (κ2) is 6.17. The van der Waals surface area contributed by atoms with Crippen LogP contribution in [0.1, 0.15) is 58.9 Å². The standard InChI is InChI=1S/C19H22FN3O2S/c1-18(2)9-11-13(15(21)24)17(26-14(11)19(3,4)23-18)22-16(25)10-7-5-6-8-12(10)20/h5-8,23H,9H2,1-4H3,(H2,21,24)(H,22,25)/p+1. The van der Waals surface area contributed by atoms with Gasteiger partial charge in [-0.25, -0.2) is 4.39 Å². The molecule has 0 bridgehead atoms. The number of hydrogen-bond acceptors (Lipinski definition) is 3. The molecule has 3 rings (SSSR count). The van der Waals surface area contributed by atoms with Gasteiger partial charge < -0.3 is 16.4 Å². The van der Waals surface area contributed by atoms with Crippen molar-refractivity contribution < 1.29 is 19.3 Å². The number of amides is 2. The van der Waals surface area contributed by atoms with Gasteiger partial charge in [0.25, 0.3) is 11.8 Å². The van der Waals surface area contributed by atoms with Crippen molar-refractivity contribution in [2.45, 2.75) is 45.2 Å². The molecular formula is C19H23FN3O2S+. The summed E-state index contributed by atoms with van der Waals surface area (Å²) in [7, 11) is 0. The van der Waals surface area contributed by atoms with Crippen LogP contribution in [0.3, 0.4) is 0 Å². The Labute approximate surface area is 155 Å². The summed E-state index contributed by atoms with van der Waals surface area (Å²) in [4.78, 5) is 25.7. The van der Waals surface area contributed by atoms with Gasteiger partial charge in [-0.2, -0.15) is 0 Å². The Kier molecular flexibility index (Phi) is 4.40. The number of rotatable bonds is 3. The van der Waals surface area contributed by atoms with Crippen molar-refractivity contribution in [1.29, 1.82) is 0 Å². The number of benzene rings is 1. The van der Waals surface area contributed by atoms with Crippen LogP contribution in [-0.2, 0) is 12.0 Å². The largest absolute Gasteiger partial charge is 0.365 e. The lowest BCUT2D eigenvalue weighted by atomic mass is 9.81. The molecule has 0 fully saturated rings. The molecule has 1 aliphatic heterocycles. The number of hydrogen-bond donors (Lipinski definition) is 3. The highest BCUT2D eigenvalue weighted by Gasteiger charge is 2.45. The van der Waals surface area contributed by atoms with E-state index in [2.05, 4.69) is 38.3 Å². The Morgan fingerprint density at radius 3 is 2.50 bits per heavy atom. The first-order valence-electron chi connectivity index (χ1n) is 8.41. The molecule has 2 aromatic rings. The van der Waals surface area contributed by atoms with Crippen LogP contribution in [0.2, 0.25) is 0 Å². The number of nitrogens with one attached hydrogen (secondary N) is 1. The molecule has 0 atom stereocenters. The number of fused-ring (bicyclic) bond motifs is 1. The SMILES string of the molecule is CC1(C)Cc2c(sc(NC(=O)c3ccccc3F)c2C(N)=O)C(C)(C)[NH2+]1. The van der Waals surface area contributed by atoms with Crippen LogP contribution >= 0.6 is 11.3 Å². The van der Waals surface area contributed by atoms with Gasteiger partial charge >= 0.3 is 0 Å². The van der Waals surface area contributed by atoms with Crippen LogP contribution in [0.4, 0.5) is 9.39 Å². The van der Waals surface area contributed by atoms with Gasteiger partial charge in [0.2, 0.25) is 0 Å². The van der Waals surface area contributed by atoms with Crippen molar-refractivity contribution in [3.05, 3.63) is 51.7 Å². The molecule has 7 heteroatoms. The topological polar surface area (TPSA) is 88.8 Å². The van der Waals surface area contributed by atoms with Gasteiger partial charge in [-0.1, -0.05) is 12.1 Å². The Morgan fingerprint density at radius 2 is 1.88 bits per heavy atom. The van der Waals surface area contributed by atoms with Crippen molar-refractivity contribution in [1.82, 2.24) is 0 Å². The Morgan fingerprint density at radius 1 is 1.23 bits per heavy atom. The predicted molar refractivity (Wildman–Crippen MR) is 99.9 cm³/mol. The van der Waals surface area contributed by atoms with E-state index in [0.717, 1.165) is 10.4 Å². The van der Waals surface area contributed by atoms with E-state index in [0.29, 0.717) is 17.0 Å². The van der Waals surface area contributed by atoms with Crippen LogP contribution in [0.15, 0.2) is 24.3 Å². The van der Waals surface area contributed by atoms with Crippen LogP contribution in [0.5, 0.6) is 0 Å². The number of primary amides is 1. The van der Waals surface area contributed by atoms with Crippen molar-refractivity contribution in [2.24, 2.45) is 5.73 Å². The molecule has 138 valence electrons. The van der Waals surface area contributed by atoms with Crippen LogP contribution in [-0.4, -0.2) is 17.4 Å². The van der Waals surface area contributed by atoms with E-state index in [1.807, 2.05) is 0 Å². The molecule has 0 spiro atoms. The van der Waals surface area contributed by atoms with Gasteiger partial charge in [0, 0.05) is 6.42 Å². The molecular weight excluding hydrogens is 353 g/mol. The summed E-state index contributed by atoms with van der Waals surface area (Å²) in [6.45, 7) is 8.38. The minimum Gasteiger partial charge on any atom is -0.365 e. The summed E-state index contributed by atoms with van der Waals surface area (Å²) < 4.78 is 13.9. The average molecular weight is 376 g/mol. The molecule has 2 heterocycles. The lowest BCUT2D eigenvalue weighted by Gasteiger charge is -2.38. The van der Waals surface area contributed by atoms with E-state index in [1.165, 1.54) is 29.5 Å². The highest BCUT2D eigenvalue weighted by Crippen LogP contribution is 2.42. The van der Waals surface area contributed by atoms with Crippen molar-refractivity contribution in [3.8, 4) is 0 Å². The third-order valence-electron chi connectivity index (χ3n) is 4.57. The first kappa shape index (κ1) is 18.5. The van der Waals surface area contributed by atoms with E-state index < -0.39 is 17.6 Å². The number of carbonyl (C=O) groups is 2. The zero-order valence-corrected chi connectivity index (χ0v) is 16.1. The van der Waals surface area contributed by atoms with Gasteiger partial charge in [-0.15, -0.1) is 11.3 Å². The maximum absolute atomic E-state index is 13.9. The monoisotopic (exact) mass is 376 g/mol. The van der Waals surface area contributed by atoms with Crippen molar-refractivity contribution in [2.75, 3.05) is 5.32 Å². The zero-order chi connectivity index (χ0) is 19.3. The Bertz CT molecular complexity index is 902. The summed E-state index contributed by atoms with van der Waals surface area (Å²) in [5.41, 5.74) is 6.42. The maximum atomic E-state index is 13.9. The van der Waals surface area contributed by atoms with Gasteiger partial charge in [-0.3, -0.25) is 9.59 Å². The first-order valence-corrected chi connectivity index (χ1v) is 9.22. The van der Waals surface area contributed by atoms with Crippen LogP contribution in [0.25, 0.3) is 0 Å². The van der Waals surface area contributed by atoms with Gasteiger partial charge in [0.1, 0.15) is 16.4 Å². The van der Waals surface area contributed by atoms with E-state index in [-0.39, 0.29) is 16.6 Å². The highest BCUT2D eigenvalue weighted by molar-refractivity contribution is 7.17. The maximum Gasteiger partial charge on any atom is 0.259 e. The minimum atomic E-state index is -0.609. The zero-order valence-electron chi connectivity index (χ0n) is 15.3. The lowest BCUT2D eigenvalue weighted by molar-refractivity contribution is -0.789. The fraction of sp³-hybridized carbons (Fsp3) is 0.368. The third kappa shape index (κ3) is 3.24. The number of carbonyl (C=O) groups excluding carboxylic acids is 2. The smallest absolute Gasteiger partial charge is 0.259 e. The Hall–Kier alpha value is -2.25. The molecule has 1 aromatic carbocycles. The summed E-state index contributed by atoms with van der Waals surface area (Å²) in [6.07, 6.45) is 0.663. The van der Waals surface area contributed by atoms with E-state index in [1.54, 1.807) is 6.07 Å². The fourth-order valence-corrected chi connectivity index (χ4v) is 5.16. The van der Waals surface area contributed by atoms with E-state index in [9.17, 15) is 14.0 Å². The molecule has 5 N–H and O–H groups in total. The normalized spacial score (nSPS) is 17.4. The molecule has 0 aliphatic carbocycles. The third-order valence-corrected chi connectivity index (χ3v) is 6.06. The molecule has 1 aromatic heterocycles. The summed E-state index contributed by atoms with van der Waals surface area (Å²) in [5.74, 6) is -1.79. The Balaban J connectivity index is 2.07. The second-order valence-electron chi connectivity index (χ2n) is 7.94. The highest BCUT2D eigenvalue weighted by atomic mass is 32.1. The van der Waals surface area contributed by atoms with Crippen molar-refractivity contribution >= 4 is 28.2 Å². The fourth-order valence-electron chi connectivity index (χ4n) is 3.87. The molecule has 0 unspecified atom stereocenters. The number of anilines is 1. The number of thiophene rings is 1. The number of halogens is 1. The van der Waals surface area contributed by atoms with Gasteiger partial charge in [0.05, 0.1) is 21.5 Å². The van der Waals surface area contributed by atoms with Crippen LogP contribution < -0.4 is 16.4 Å². The van der Waals surface area contributed by atoms with Crippen LogP contribution in [0, 0.1) is 5.82 Å². The van der Waals surface area contributed by atoms with E-state index >= 15 is 0 Å². The number of quaternary nitrogens is 1.